The Balaban J connectivity index is 1.52. The van der Waals surface area contributed by atoms with E-state index in [0.29, 0.717) is 11.3 Å². The van der Waals surface area contributed by atoms with Gasteiger partial charge in [0.05, 0.1) is 0 Å². The van der Waals surface area contributed by atoms with Crippen LogP contribution in [0.15, 0.2) is 72.9 Å². The van der Waals surface area contributed by atoms with Crippen molar-refractivity contribution in [2.45, 2.75) is 20.5 Å². The Morgan fingerprint density at radius 2 is 1.81 bits per heavy atom. The molecule has 0 aliphatic rings. The Morgan fingerprint density at radius 3 is 2.59 bits per heavy atom. The summed E-state index contributed by atoms with van der Waals surface area (Å²) in [4.78, 5) is 28.0. The largest absolute Gasteiger partial charge is 0.489 e. The number of anilines is 1. The van der Waals surface area contributed by atoms with E-state index in [1.165, 1.54) is 6.20 Å². The number of primary amides is 1. The highest BCUT2D eigenvalue weighted by molar-refractivity contribution is 6.09. The first-order chi connectivity index (χ1) is 15.4. The second-order valence-electron chi connectivity index (χ2n) is 7.64. The Labute approximate surface area is 186 Å². The summed E-state index contributed by atoms with van der Waals surface area (Å²) < 4.78 is 5.88. The van der Waals surface area contributed by atoms with Gasteiger partial charge in [-0.1, -0.05) is 18.2 Å². The Hall–Kier alpha value is -4.19. The smallest absolute Gasteiger partial charge is 0.267 e. The molecule has 0 aliphatic carbocycles. The summed E-state index contributed by atoms with van der Waals surface area (Å²) in [6.07, 6.45) is 1.53. The zero-order valence-corrected chi connectivity index (χ0v) is 17.9. The summed E-state index contributed by atoms with van der Waals surface area (Å²) in [5, 5.41) is 4.86. The zero-order valence-electron chi connectivity index (χ0n) is 17.9. The number of carbonyl (C=O) groups is 2. The standard InChI is InChI=1S/C26H23N3O3/c1-16-6-7-20(12-17(16)2)26(31)29-23-5-3-4-19-14-21(8-9-22(19)23)32-15-18-10-11-28-24(13-18)25(27)30/h3-14H,15H2,1-2H3,(H2,27,30)(H,29,31). The Bertz CT molecular complexity index is 1330. The van der Waals surface area contributed by atoms with Crippen LogP contribution in [0.4, 0.5) is 5.69 Å². The van der Waals surface area contributed by atoms with Gasteiger partial charge in [-0.2, -0.15) is 0 Å². The maximum absolute atomic E-state index is 12.7. The number of benzene rings is 3. The number of hydrogen-bond donors (Lipinski definition) is 2. The van der Waals surface area contributed by atoms with Gasteiger partial charge in [0.1, 0.15) is 18.1 Å². The van der Waals surface area contributed by atoms with Gasteiger partial charge in [0, 0.05) is 22.8 Å². The van der Waals surface area contributed by atoms with Gasteiger partial charge in [0.15, 0.2) is 0 Å². The quantitative estimate of drug-likeness (QED) is 0.465. The number of nitrogens with one attached hydrogen (secondary N) is 1. The molecule has 1 aromatic heterocycles. The number of ether oxygens (including phenoxy) is 1. The van der Waals surface area contributed by atoms with E-state index in [-0.39, 0.29) is 18.2 Å². The molecule has 6 heteroatoms. The number of carbonyl (C=O) groups excluding carboxylic acids is 2. The van der Waals surface area contributed by atoms with Crippen LogP contribution in [0, 0.1) is 13.8 Å². The van der Waals surface area contributed by atoms with Crippen LogP contribution in [0.25, 0.3) is 10.8 Å². The van der Waals surface area contributed by atoms with E-state index < -0.39 is 5.91 Å². The molecule has 0 fully saturated rings. The lowest BCUT2D eigenvalue weighted by atomic mass is 10.1. The molecule has 32 heavy (non-hydrogen) atoms. The minimum absolute atomic E-state index is 0.149. The molecule has 6 nitrogen and oxygen atoms in total. The number of rotatable bonds is 6. The maximum Gasteiger partial charge on any atom is 0.267 e. The van der Waals surface area contributed by atoms with Crippen LogP contribution >= 0.6 is 0 Å². The third-order valence-corrected chi connectivity index (χ3v) is 5.35. The van der Waals surface area contributed by atoms with Gasteiger partial charge >= 0.3 is 0 Å². The highest BCUT2D eigenvalue weighted by Gasteiger charge is 2.10. The monoisotopic (exact) mass is 425 g/mol. The van der Waals surface area contributed by atoms with Crippen LogP contribution in [0.1, 0.15) is 37.5 Å². The minimum Gasteiger partial charge on any atom is -0.489 e. The molecule has 0 bridgehead atoms. The zero-order chi connectivity index (χ0) is 22.7. The Kier molecular flexibility index (Phi) is 5.85. The van der Waals surface area contributed by atoms with Gasteiger partial charge in [-0.3, -0.25) is 14.6 Å². The second-order valence-corrected chi connectivity index (χ2v) is 7.64. The molecule has 4 aromatic rings. The van der Waals surface area contributed by atoms with E-state index in [1.807, 2.05) is 68.4 Å². The predicted molar refractivity (Wildman–Crippen MR) is 125 cm³/mol. The molecule has 0 spiro atoms. The van der Waals surface area contributed by atoms with Crippen LogP contribution in [0.2, 0.25) is 0 Å². The molecule has 160 valence electrons. The molecule has 0 atom stereocenters. The fourth-order valence-corrected chi connectivity index (χ4v) is 3.40. The van der Waals surface area contributed by atoms with Crippen molar-refractivity contribution in [3.63, 3.8) is 0 Å². The van der Waals surface area contributed by atoms with Crippen LogP contribution in [-0.2, 0) is 6.61 Å². The van der Waals surface area contributed by atoms with Crippen LogP contribution in [-0.4, -0.2) is 16.8 Å². The van der Waals surface area contributed by atoms with E-state index in [4.69, 9.17) is 10.5 Å². The molecule has 0 radical (unpaired) electrons. The number of hydrogen-bond acceptors (Lipinski definition) is 4. The van der Waals surface area contributed by atoms with Gasteiger partial charge in [0.25, 0.3) is 11.8 Å². The minimum atomic E-state index is -0.576. The van der Waals surface area contributed by atoms with Crippen molar-refractivity contribution < 1.29 is 14.3 Å². The van der Waals surface area contributed by atoms with Crippen LogP contribution < -0.4 is 15.8 Å². The molecule has 1 heterocycles. The molecule has 2 amide bonds. The first-order valence-electron chi connectivity index (χ1n) is 10.2. The van der Waals surface area contributed by atoms with Crippen molar-refractivity contribution in [3.8, 4) is 5.75 Å². The van der Waals surface area contributed by atoms with Crippen molar-refractivity contribution >= 4 is 28.3 Å². The van der Waals surface area contributed by atoms with Gasteiger partial charge in [0.2, 0.25) is 0 Å². The molecule has 0 unspecified atom stereocenters. The van der Waals surface area contributed by atoms with Gasteiger partial charge in [-0.05, 0) is 84.5 Å². The molecule has 0 aliphatic heterocycles. The molecule has 0 saturated carbocycles. The van der Waals surface area contributed by atoms with E-state index in [1.54, 1.807) is 12.1 Å². The molecular weight excluding hydrogens is 402 g/mol. The summed E-state index contributed by atoms with van der Waals surface area (Å²) in [6, 6.07) is 20.5. The summed E-state index contributed by atoms with van der Waals surface area (Å²) >= 11 is 0. The number of nitrogens with two attached hydrogens (primary N) is 1. The van der Waals surface area contributed by atoms with E-state index in [2.05, 4.69) is 10.3 Å². The molecule has 0 saturated heterocycles. The van der Waals surface area contributed by atoms with Crippen LogP contribution in [0.5, 0.6) is 5.75 Å². The van der Waals surface area contributed by atoms with Crippen LogP contribution in [0.3, 0.4) is 0 Å². The normalized spacial score (nSPS) is 10.7. The number of aryl methyl sites for hydroxylation is 2. The lowest BCUT2D eigenvalue weighted by molar-refractivity contribution is 0.0993. The predicted octanol–water partition coefficient (Wildman–Crippen LogP) is 4.78. The molecule has 3 aromatic carbocycles. The number of pyridine rings is 1. The summed E-state index contributed by atoms with van der Waals surface area (Å²) in [6.45, 7) is 4.29. The molecular formula is C26H23N3O3. The molecule has 4 rings (SSSR count). The van der Waals surface area contributed by atoms with Crippen molar-refractivity contribution in [2.75, 3.05) is 5.32 Å². The third kappa shape index (κ3) is 4.59. The van der Waals surface area contributed by atoms with Crippen molar-refractivity contribution in [1.82, 2.24) is 4.98 Å². The van der Waals surface area contributed by atoms with Crippen molar-refractivity contribution in [2.24, 2.45) is 5.73 Å². The average Bonchev–Trinajstić information content (AvgIpc) is 2.79. The van der Waals surface area contributed by atoms with Crippen molar-refractivity contribution in [1.29, 1.82) is 0 Å². The third-order valence-electron chi connectivity index (χ3n) is 5.35. The summed E-state index contributed by atoms with van der Waals surface area (Å²) in [7, 11) is 0. The van der Waals surface area contributed by atoms with E-state index in [0.717, 1.165) is 33.2 Å². The van der Waals surface area contributed by atoms with Gasteiger partial charge in [-0.15, -0.1) is 0 Å². The lowest BCUT2D eigenvalue weighted by Crippen LogP contribution is -2.13. The first kappa shape index (κ1) is 21.1. The highest BCUT2D eigenvalue weighted by atomic mass is 16.5. The van der Waals surface area contributed by atoms with Crippen molar-refractivity contribution in [3.05, 3.63) is 101 Å². The van der Waals surface area contributed by atoms with Gasteiger partial charge < -0.3 is 15.8 Å². The molecule has 3 N–H and O–H groups in total. The number of aromatic nitrogens is 1. The first-order valence-corrected chi connectivity index (χ1v) is 10.2. The van der Waals surface area contributed by atoms with E-state index >= 15 is 0 Å². The second kappa shape index (κ2) is 8.89. The number of amides is 2. The maximum atomic E-state index is 12.7. The van der Waals surface area contributed by atoms with E-state index in [9.17, 15) is 9.59 Å². The fraction of sp³-hybridized carbons (Fsp3) is 0.115. The SMILES string of the molecule is Cc1ccc(C(=O)Nc2cccc3cc(OCc4ccnc(C(N)=O)c4)ccc23)cc1C. The fourth-order valence-electron chi connectivity index (χ4n) is 3.40. The van der Waals surface area contributed by atoms with Gasteiger partial charge in [-0.25, -0.2) is 0 Å². The summed E-state index contributed by atoms with van der Waals surface area (Å²) in [5.74, 6) is -0.0515. The topological polar surface area (TPSA) is 94.3 Å². The summed E-state index contributed by atoms with van der Waals surface area (Å²) in [5.41, 5.74) is 9.86. The number of nitrogens with zero attached hydrogens (tertiary/aromatic N) is 1. The number of fused-ring (bicyclic) bond motifs is 1. The average molecular weight is 425 g/mol. The Morgan fingerprint density at radius 1 is 0.969 bits per heavy atom. The highest BCUT2D eigenvalue weighted by Crippen LogP contribution is 2.28. The lowest BCUT2D eigenvalue weighted by Gasteiger charge is -2.12.